The quantitative estimate of drug-likeness (QED) is 0.854. The van der Waals surface area contributed by atoms with Crippen molar-refractivity contribution in [1.29, 1.82) is 0 Å². The lowest BCUT2D eigenvalue weighted by molar-refractivity contribution is 0.181. The molecule has 0 amide bonds. The summed E-state index contributed by atoms with van der Waals surface area (Å²) in [4.78, 5) is 10.0. The minimum absolute atomic E-state index is 0.0261. The molecule has 0 aliphatic rings. The fourth-order valence-electron chi connectivity index (χ4n) is 1.29. The molecule has 1 unspecified atom stereocenters. The second-order valence-corrected chi connectivity index (χ2v) is 4.14. The van der Waals surface area contributed by atoms with Gasteiger partial charge in [-0.1, -0.05) is 0 Å². The van der Waals surface area contributed by atoms with Gasteiger partial charge in [-0.15, -0.1) is 0 Å². The average molecular weight is 275 g/mol. The van der Waals surface area contributed by atoms with Crippen LogP contribution in [0, 0.1) is 0 Å². The van der Waals surface area contributed by atoms with Crippen molar-refractivity contribution >= 4 is 21.7 Å². The van der Waals surface area contributed by atoms with Crippen LogP contribution in [-0.2, 0) is 4.74 Å². The number of aromatic nitrogens is 2. The van der Waals surface area contributed by atoms with Crippen LogP contribution in [0.5, 0.6) is 0 Å². The van der Waals surface area contributed by atoms with Crippen molar-refractivity contribution in [2.45, 2.75) is 6.04 Å². The maximum absolute atomic E-state index is 5.85. The number of anilines is 1. The van der Waals surface area contributed by atoms with Crippen molar-refractivity contribution in [3.8, 4) is 0 Å². The van der Waals surface area contributed by atoms with Gasteiger partial charge >= 0.3 is 0 Å². The summed E-state index contributed by atoms with van der Waals surface area (Å²) in [6, 6.07) is -0.0261. The van der Waals surface area contributed by atoms with Gasteiger partial charge in [-0.25, -0.2) is 9.97 Å². The molecule has 0 aromatic carbocycles. The van der Waals surface area contributed by atoms with Crippen molar-refractivity contribution in [1.82, 2.24) is 9.97 Å². The Morgan fingerprint density at radius 1 is 1.67 bits per heavy atom. The number of rotatable bonds is 5. The van der Waals surface area contributed by atoms with Gasteiger partial charge in [0.05, 0.1) is 11.1 Å². The fourth-order valence-corrected chi connectivity index (χ4v) is 1.82. The van der Waals surface area contributed by atoms with E-state index >= 15 is 0 Å². The summed E-state index contributed by atoms with van der Waals surface area (Å²) in [5.41, 5.74) is 5.85. The molecule has 2 N–H and O–H groups in total. The molecule has 1 aromatic heterocycles. The van der Waals surface area contributed by atoms with Crippen molar-refractivity contribution in [2.75, 3.05) is 32.2 Å². The van der Waals surface area contributed by atoms with E-state index in [0.717, 1.165) is 10.3 Å². The summed E-state index contributed by atoms with van der Waals surface area (Å²) in [6.07, 6.45) is 3.22. The van der Waals surface area contributed by atoms with Gasteiger partial charge in [-0.3, -0.25) is 0 Å². The molecule has 1 heterocycles. The number of likely N-dealkylation sites (N-methyl/N-ethyl adjacent to an activating group) is 1. The number of hydrogen-bond donors (Lipinski definition) is 1. The first kappa shape index (κ1) is 12.4. The number of methoxy groups -OCH3 is 1. The minimum Gasteiger partial charge on any atom is -0.383 e. The van der Waals surface area contributed by atoms with Crippen LogP contribution in [0.4, 0.5) is 5.82 Å². The zero-order chi connectivity index (χ0) is 11.3. The molecule has 0 radical (unpaired) electrons. The molecule has 1 aromatic rings. The van der Waals surface area contributed by atoms with E-state index in [0.29, 0.717) is 13.2 Å². The standard InChI is InChI=1S/C9H15BrN4O/c1-14(4-7(11)5-15-2)9-8(10)3-12-6-13-9/h3,6-7H,4-5,11H2,1-2H3. The summed E-state index contributed by atoms with van der Waals surface area (Å²) in [6.45, 7) is 1.22. The number of ether oxygens (including phenoxy) is 1. The van der Waals surface area contributed by atoms with Crippen LogP contribution in [0.15, 0.2) is 17.0 Å². The molecular weight excluding hydrogens is 260 g/mol. The Kier molecular flexibility index (Phi) is 4.93. The molecule has 0 aliphatic heterocycles. The van der Waals surface area contributed by atoms with Gasteiger partial charge in [0.2, 0.25) is 0 Å². The van der Waals surface area contributed by atoms with Gasteiger partial charge in [0, 0.05) is 32.9 Å². The molecule has 0 bridgehead atoms. The molecule has 6 heteroatoms. The van der Waals surface area contributed by atoms with Crippen LogP contribution < -0.4 is 10.6 Å². The highest BCUT2D eigenvalue weighted by Gasteiger charge is 2.10. The molecule has 1 atom stereocenters. The van der Waals surface area contributed by atoms with E-state index in [2.05, 4.69) is 25.9 Å². The Hall–Kier alpha value is -0.720. The maximum Gasteiger partial charge on any atom is 0.146 e. The average Bonchev–Trinajstić information content (AvgIpc) is 2.18. The van der Waals surface area contributed by atoms with E-state index in [1.54, 1.807) is 13.3 Å². The first-order chi connectivity index (χ1) is 7.15. The molecule has 84 valence electrons. The third kappa shape index (κ3) is 3.73. The van der Waals surface area contributed by atoms with Gasteiger partial charge in [0.25, 0.3) is 0 Å². The van der Waals surface area contributed by atoms with Crippen molar-refractivity contribution in [3.63, 3.8) is 0 Å². The minimum atomic E-state index is -0.0261. The van der Waals surface area contributed by atoms with Gasteiger partial charge in [0.1, 0.15) is 12.1 Å². The summed E-state index contributed by atoms with van der Waals surface area (Å²) in [5, 5.41) is 0. The van der Waals surface area contributed by atoms with Crippen molar-refractivity contribution in [2.24, 2.45) is 5.73 Å². The lowest BCUT2D eigenvalue weighted by Crippen LogP contribution is -2.38. The number of nitrogens with two attached hydrogens (primary N) is 1. The van der Waals surface area contributed by atoms with E-state index in [9.17, 15) is 0 Å². The molecule has 0 fully saturated rings. The summed E-state index contributed by atoms with van der Waals surface area (Å²) in [7, 11) is 3.57. The highest BCUT2D eigenvalue weighted by atomic mass is 79.9. The van der Waals surface area contributed by atoms with Crippen LogP contribution in [0.2, 0.25) is 0 Å². The van der Waals surface area contributed by atoms with Gasteiger partial charge in [-0.05, 0) is 15.9 Å². The Labute approximate surface area is 97.8 Å². The number of nitrogens with zero attached hydrogens (tertiary/aromatic N) is 3. The van der Waals surface area contributed by atoms with E-state index in [1.807, 2.05) is 11.9 Å². The van der Waals surface area contributed by atoms with E-state index in [1.165, 1.54) is 6.33 Å². The normalized spacial score (nSPS) is 12.5. The Morgan fingerprint density at radius 3 is 3.00 bits per heavy atom. The molecule has 15 heavy (non-hydrogen) atoms. The molecule has 0 spiro atoms. The smallest absolute Gasteiger partial charge is 0.146 e. The monoisotopic (exact) mass is 274 g/mol. The Bertz CT molecular complexity index is 310. The van der Waals surface area contributed by atoms with Crippen LogP contribution in [0.25, 0.3) is 0 Å². The largest absolute Gasteiger partial charge is 0.383 e. The predicted molar refractivity (Wildman–Crippen MR) is 62.9 cm³/mol. The summed E-state index contributed by atoms with van der Waals surface area (Å²) < 4.78 is 5.83. The molecule has 5 nitrogen and oxygen atoms in total. The van der Waals surface area contributed by atoms with Crippen LogP contribution in [-0.4, -0.2) is 43.3 Å². The van der Waals surface area contributed by atoms with Crippen LogP contribution in [0.1, 0.15) is 0 Å². The van der Waals surface area contributed by atoms with Crippen LogP contribution >= 0.6 is 15.9 Å². The van der Waals surface area contributed by atoms with E-state index in [-0.39, 0.29) is 6.04 Å². The number of hydrogen-bond acceptors (Lipinski definition) is 5. The Balaban J connectivity index is 2.61. The van der Waals surface area contributed by atoms with Gasteiger partial charge in [-0.2, -0.15) is 0 Å². The molecule has 0 saturated heterocycles. The molecule has 0 aliphatic carbocycles. The first-order valence-electron chi connectivity index (χ1n) is 4.56. The first-order valence-corrected chi connectivity index (χ1v) is 5.35. The summed E-state index contributed by atoms with van der Waals surface area (Å²) in [5.74, 6) is 0.830. The van der Waals surface area contributed by atoms with Crippen molar-refractivity contribution in [3.05, 3.63) is 17.0 Å². The zero-order valence-corrected chi connectivity index (χ0v) is 10.4. The molecule has 0 saturated carbocycles. The second kappa shape index (κ2) is 5.99. The number of halogens is 1. The maximum atomic E-state index is 5.85. The lowest BCUT2D eigenvalue weighted by Gasteiger charge is -2.22. The highest BCUT2D eigenvalue weighted by Crippen LogP contribution is 2.20. The summed E-state index contributed by atoms with van der Waals surface area (Å²) >= 11 is 3.39. The van der Waals surface area contributed by atoms with Gasteiger partial charge < -0.3 is 15.4 Å². The van der Waals surface area contributed by atoms with Gasteiger partial charge in [0.15, 0.2) is 0 Å². The van der Waals surface area contributed by atoms with Crippen molar-refractivity contribution < 1.29 is 4.74 Å². The SMILES string of the molecule is COCC(N)CN(C)c1ncncc1Br. The van der Waals surface area contributed by atoms with E-state index in [4.69, 9.17) is 10.5 Å². The molecule has 1 rings (SSSR count). The topological polar surface area (TPSA) is 64.3 Å². The third-order valence-corrected chi connectivity index (χ3v) is 2.46. The predicted octanol–water partition coefficient (Wildman–Crippen LogP) is 0.649. The highest BCUT2D eigenvalue weighted by molar-refractivity contribution is 9.10. The zero-order valence-electron chi connectivity index (χ0n) is 8.85. The van der Waals surface area contributed by atoms with Crippen LogP contribution in [0.3, 0.4) is 0 Å². The third-order valence-electron chi connectivity index (χ3n) is 1.90. The molecular formula is C9H15BrN4O. The van der Waals surface area contributed by atoms with E-state index < -0.39 is 0 Å². The fraction of sp³-hybridized carbons (Fsp3) is 0.556. The second-order valence-electron chi connectivity index (χ2n) is 3.29. The lowest BCUT2D eigenvalue weighted by atomic mass is 10.3. The Morgan fingerprint density at radius 2 is 2.40 bits per heavy atom.